The maximum absolute atomic E-state index is 5.63. The Morgan fingerprint density at radius 3 is 2.59 bits per heavy atom. The summed E-state index contributed by atoms with van der Waals surface area (Å²) in [6.45, 7) is 2.82. The molecule has 0 aliphatic heterocycles. The van der Waals surface area contributed by atoms with Crippen LogP contribution >= 0.6 is 15.9 Å². The van der Waals surface area contributed by atoms with E-state index in [4.69, 9.17) is 5.73 Å². The Hall–Kier alpha value is -1.12. The lowest BCUT2D eigenvalue weighted by molar-refractivity contribution is 0.964. The van der Waals surface area contributed by atoms with Crippen LogP contribution in [0.2, 0.25) is 0 Å². The van der Waals surface area contributed by atoms with E-state index in [0.29, 0.717) is 6.54 Å². The molecule has 0 bridgehead atoms. The predicted molar refractivity (Wildman–Crippen MR) is 77.1 cm³/mol. The maximum atomic E-state index is 5.63. The topological polar surface area (TPSA) is 26.0 Å². The van der Waals surface area contributed by atoms with Crippen LogP contribution in [0.3, 0.4) is 0 Å². The van der Waals surface area contributed by atoms with Crippen molar-refractivity contribution in [3.63, 3.8) is 0 Å². The van der Waals surface area contributed by atoms with Crippen LogP contribution in [0.4, 0.5) is 0 Å². The van der Waals surface area contributed by atoms with E-state index >= 15 is 0 Å². The van der Waals surface area contributed by atoms with Crippen molar-refractivity contribution in [2.24, 2.45) is 5.73 Å². The Labute approximate surface area is 111 Å². The lowest BCUT2D eigenvalue weighted by atomic mass is 9.98. The van der Waals surface area contributed by atoms with E-state index in [9.17, 15) is 0 Å². The first-order valence-corrected chi connectivity index (χ1v) is 6.56. The van der Waals surface area contributed by atoms with Crippen molar-refractivity contribution in [3.8, 4) is 11.1 Å². The lowest BCUT2D eigenvalue weighted by Crippen LogP contribution is -2.03. The van der Waals surface area contributed by atoms with Gasteiger partial charge in [-0.15, -0.1) is 0 Å². The number of aryl methyl sites for hydroxylation is 1. The van der Waals surface area contributed by atoms with Gasteiger partial charge in [0.25, 0.3) is 0 Å². The summed E-state index contributed by atoms with van der Waals surface area (Å²) >= 11 is 3.57. The molecule has 0 saturated heterocycles. The van der Waals surface area contributed by atoms with Gasteiger partial charge >= 0.3 is 0 Å². The van der Waals surface area contributed by atoms with E-state index < -0.39 is 0 Å². The fraction of sp³-hybridized carbons (Fsp3) is 0.200. The van der Waals surface area contributed by atoms with Crippen molar-refractivity contribution >= 4 is 15.9 Å². The van der Waals surface area contributed by atoms with Gasteiger partial charge in [0.1, 0.15) is 0 Å². The van der Waals surface area contributed by atoms with Gasteiger partial charge in [-0.25, -0.2) is 0 Å². The highest BCUT2D eigenvalue weighted by atomic mass is 79.9. The third-order valence-corrected chi connectivity index (χ3v) is 3.69. The first-order chi connectivity index (χ1) is 8.22. The molecule has 1 nitrogen and oxygen atoms in total. The van der Waals surface area contributed by atoms with Crippen molar-refractivity contribution in [2.75, 3.05) is 6.54 Å². The Kier molecular flexibility index (Phi) is 3.97. The van der Waals surface area contributed by atoms with E-state index in [-0.39, 0.29) is 0 Å². The van der Waals surface area contributed by atoms with Gasteiger partial charge in [0.2, 0.25) is 0 Å². The molecule has 2 rings (SSSR count). The minimum absolute atomic E-state index is 0.676. The summed E-state index contributed by atoms with van der Waals surface area (Å²) < 4.78 is 1.14. The molecule has 2 N–H and O–H groups in total. The molecule has 2 heteroatoms. The van der Waals surface area contributed by atoms with Gasteiger partial charge in [-0.3, -0.25) is 0 Å². The highest BCUT2D eigenvalue weighted by Gasteiger charge is 2.04. The predicted octanol–water partition coefficient (Wildman–Crippen LogP) is 3.93. The number of hydrogen-bond acceptors (Lipinski definition) is 1. The summed E-state index contributed by atoms with van der Waals surface area (Å²) in [4.78, 5) is 0. The zero-order valence-corrected chi connectivity index (χ0v) is 11.5. The van der Waals surface area contributed by atoms with E-state index in [1.54, 1.807) is 0 Å². The van der Waals surface area contributed by atoms with Crippen LogP contribution in [0.25, 0.3) is 11.1 Å². The number of hydrogen-bond donors (Lipinski definition) is 1. The number of halogens is 1. The SMILES string of the molecule is Cc1ccccc1-c1ccc(Br)c(CCN)c1. The molecule has 17 heavy (non-hydrogen) atoms. The zero-order chi connectivity index (χ0) is 12.3. The van der Waals surface area contributed by atoms with Gasteiger partial charge in [-0.2, -0.15) is 0 Å². The molecule has 2 aromatic carbocycles. The number of nitrogens with two attached hydrogens (primary N) is 1. The molecule has 0 radical (unpaired) electrons. The van der Waals surface area contributed by atoms with Crippen LogP contribution in [0.15, 0.2) is 46.9 Å². The van der Waals surface area contributed by atoms with Crippen LogP contribution < -0.4 is 5.73 Å². The molecule has 88 valence electrons. The zero-order valence-electron chi connectivity index (χ0n) is 9.91. The summed E-state index contributed by atoms with van der Waals surface area (Å²) in [5.41, 5.74) is 10.7. The minimum atomic E-state index is 0.676. The molecule has 0 atom stereocenters. The smallest absolute Gasteiger partial charge is 0.0208 e. The van der Waals surface area contributed by atoms with Gasteiger partial charge in [0.05, 0.1) is 0 Å². The largest absolute Gasteiger partial charge is 0.330 e. The quantitative estimate of drug-likeness (QED) is 0.910. The molecular weight excluding hydrogens is 274 g/mol. The van der Waals surface area contributed by atoms with E-state index in [1.807, 2.05) is 0 Å². The molecule has 0 amide bonds. The fourth-order valence-electron chi connectivity index (χ4n) is 1.99. The molecule has 0 aromatic heterocycles. The lowest BCUT2D eigenvalue weighted by Gasteiger charge is -2.09. The highest BCUT2D eigenvalue weighted by molar-refractivity contribution is 9.10. The van der Waals surface area contributed by atoms with Gasteiger partial charge in [-0.05, 0) is 54.3 Å². The van der Waals surface area contributed by atoms with E-state index in [2.05, 4.69) is 65.3 Å². The third-order valence-electron chi connectivity index (χ3n) is 2.92. The number of benzene rings is 2. The fourth-order valence-corrected chi connectivity index (χ4v) is 2.43. The molecule has 0 fully saturated rings. The molecule has 0 aliphatic rings. The van der Waals surface area contributed by atoms with E-state index in [0.717, 1.165) is 10.9 Å². The van der Waals surface area contributed by atoms with Crippen LogP contribution in [0, 0.1) is 6.92 Å². The van der Waals surface area contributed by atoms with Gasteiger partial charge in [-0.1, -0.05) is 46.3 Å². The average Bonchev–Trinajstić information content (AvgIpc) is 2.33. The van der Waals surface area contributed by atoms with Crippen LogP contribution in [-0.2, 0) is 6.42 Å². The monoisotopic (exact) mass is 289 g/mol. The molecule has 0 spiro atoms. The summed E-state index contributed by atoms with van der Waals surface area (Å²) in [7, 11) is 0. The Bertz CT molecular complexity index is 520. The summed E-state index contributed by atoms with van der Waals surface area (Å²) in [5.74, 6) is 0. The normalized spacial score (nSPS) is 10.5. The second-order valence-corrected chi connectivity index (χ2v) is 5.01. The highest BCUT2D eigenvalue weighted by Crippen LogP contribution is 2.27. The first-order valence-electron chi connectivity index (χ1n) is 5.77. The van der Waals surface area contributed by atoms with E-state index in [1.165, 1.54) is 22.3 Å². The molecule has 0 aliphatic carbocycles. The first kappa shape index (κ1) is 12.3. The van der Waals surface area contributed by atoms with Gasteiger partial charge in [0.15, 0.2) is 0 Å². The standard InChI is InChI=1S/C15H16BrN/c1-11-4-2-3-5-14(11)12-6-7-15(16)13(10-12)8-9-17/h2-7,10H,8-9,17H2,1H3. The molecule has 0 heterocycles. The molecular formula is C15H16BrN. The van der Waals surface area contributed by atoms with Crippen molar-refractivity contribution < 1.29 is 0 Å². The third kappa shape index (κ3) is 2.76. The Balaban J connectivity index is 2.46. The van der Waals surface area contributed by atoms with Crippen LogP contribution in [0.5, 0.6) is 0 Å². The number of rotatable bonds is 3. The van der Waals surface area contributed by atoms with Crippen LogP contribution in [0.1, 0.15) is 11.1 Å². The van der Waals surface area contributed by atoms with Crippen molar-refractivity contribution in [3.05, 3.63) is 58.1 Å². The van der Waals surface area contributed by atoms with Crippen LogP contribution in [-0.4, -0.2) is 6.54 Å². The van der Waals surface area contributed by atoms with Gasteiger partial charge < -0.3 is 5.73 Å². The summed E-state index contributed by atoms with van der Waals surface area (Å²) in [5, 5.41) is 0. The molecule has 2 aromatic rings. The summed E-state index contributed by atoms with van der Waals surface area (Å²) in [6, 6.07) is 14.9. The minimum Gasteiger partial charge on any atom is -0.330 e. The second kappa shape index (κ2) is 5.48. The summed E-state index contributed by atoms with van der Waals surface area (Å²) in [6.07, 6.45) is 0.903. The molecule has 0 unspecified atom stereocenters. The van der Waals surface area contributed by atoms with Crippen molar-refractivity contribution in [1.82, 2.24) is 0 Å². The second-order valence-electron chi connectivity index (χ2n) is 4.16. The van der Waals surface area contributed by atoms with Gasteiger partial charge in [0, 0.05) is 4.47 Å². The average molecular weight is 290 g/mol. The molecule has 0 saturated carbocycles. The Morgan fingerprint density at radius 1 is 1.12 bits per heavy atom. The maximum Gasteiger partial charge on any atom is 0.0208 e. The van der Waals surface area contributed by atoms with Crippen molar-refractivity contribution in [2.45, 2.75) is 13.3 Å². The Morgan fingerprint density at radius 2 is 1.88 bits per heavy atom. The van der Waals surface area contributed by atoms with Crippen molar-refractivity contribution in [1.29, 1.82) is 0 Å².